The van der Waals surface area contributed by atoms with E-state index in [1.165, 1.54) is 5.56 Å². The molecular weight excluding hydrogens is 412 g/mol. The number of benzene rings is 2. The van der Waals surface area contributed by atoms with Crippen LogP contribution < -0.4 is 20.9 Å². The number of carbonyl (C=O) groups is 1. The van der Waals surface area contributed by atoms with E-state index in [1.807, 2.05) is 18.2 Å². The highest BCUT2D eigenvalue weighted by Gasteiger charge is 2.58. The Labute approximate surface area is 197 Å². The van der Waals surface area contributed by atoms with Crippen LogP contribution in [0.25, 0.3) is 0 Å². The second-order valence-corrected chi connectivity index (χ2v) is 9.95. The SMILES string of the molecule is COc1ccccc1CCNC(=O)C1CC12CCN(CC1CNNC1c1ccccc1)CC2. The number of hydrogen-bond acceptors (Lipinski definition) is 5. The highest BCUT2D eigenvalue weighted by atomic mass is 16.5. The lowest BCUT2D eigenvalue weighted by Gasteiger charge is -2.35. The van der Waals surface area contributed by atoms with Crippen molar-refractivity contribution in [2.75, 3.05) is 39.8 Å². The van der Waals surface area contributed by atoms with Crippen LogP contribution in [0.1, 0.15) is 36.4 Å². The molecule has 6 nitrogen and oxygen atoms in total. The number of piperidine rings is 1. The van der Waals surface area contributed by atoms with Gasteiger partial charge in [-0.2, -0.15) is 0 Å². The van der Waals surface area contributed by atoms with Crippen LogP contribution in [0.5, 0.6) is 5.75 Å². The van der Waals surface area contributed by atoms with Crippen molar-refractivity contribution in [1.29, 1.82) is 0 Å². The third kappa shape index (κ3) is 4.93. The van der Waals surface area contributed by atoms with Gasteiger partial charge in [0.2, 0.25) is 5.91 Å². The monoisotopic (exact) mass is 448 g/mol. The van der Waals surface area contributed by atoms with Crippen molar-refractivity contribution in [3.05, 3.63) is 65.7 Å². The summed E-state index contributed by atoms with van der Waals surface area (Å²) < 4.78 is 5.42. The lowest BCUT2D eigenvalue weighted by atomic mass is 9.88. The van der Waals surface area contributed by atoms with Crippen molar-refractivity contribution in [3.63, 3.8) is 0 Å². The Hall–Kier alpha value is -2.41. The Bertz CT molecular complexity index is 942. The molecule has 2 heterocycles. The summed E-state index contributed by atoms with van der Waals surface area (Å²) >= 11 is 0. The standard InChI is InChI=1S/C27H36N4O2/c1-33-24-10-6-5-7-20(24)11-14-28-26(32)23-17-27(23)12-15-31(16-13-27)19-22-18-29-30-25(22)21-8-3-2-4-9-21/h2-10,22-23,25,29-30H,11-19H2,1H3,(H,28,32). The zero-order valence-electron chi connectivity index (χ0n) is 19.6. The molecule has 1 aliphatic carbocycles. The minimum Gasteiger partial charge on any atom is -0.496 e. The van der Waals surface area contributed by atoms with E-state index in [4.69, 9.17) is 4.74 Å². The topological polar surface area (TPSA) is 65.6 Å². The number of para-hydroxylation sites is 1. The minimum atomic E-state index is 0.198. The number of hydrogen-bond donors (Lipinski definition) is 3. The van der Waals surface area contributed by atoms with Crippen LogP contribution in [-0.4, -0.2) is 50.6 Å². The van der Waals surface area contributed by atoms with Crippen molar-refractivity contribution < 1.29 is 9.53 Å². The van der Waals surface area contributed by atoms with E-state index in [1.54, 1.807) is 7.11 Å². The average molecular weight is 449 g/mol. The number of amides is 1. The highest BCUT2D eigenvalue weighted by Crippen LogP contribution is 2.59. The molecule has 2 aromatic carbocycles. The van der Waals surface area contributed by atoms with Crippen molar-refractivity contribution in [2.24, 2.45) is 17.3 Å². The predicted molar refractivity (Wildman–Crippen MR) is 130 cm³/mol. The lowest BCUT2D eigenvalue weighted by Crippen LogP contribution is -2.41. The first kappa shape index (κ1) is 22.4. The number of methoxy groups -OCH3 is 1. The number of ether oxygens (including phenoxy) is 1. The van der Waals surface area contributed by atoms with Crippen molar-refractivity contribution in [3.8, 4) is 5.75 Å². The molecule has 5 rings (SSSR count). The largest absolute Gasteiger partial charge is 0.496 e. The molecule has 3 unspecified atom stereocenters. The molecule has 2 saturated heterocycles. The van der Waals surface area contributed by atoms with Gasteiger partial charge in [-0.1, -0.05) is 48.5 Å². The third-order valence-corrected chi connectivity index (χ3v) is 7.99. The van der Waals surface area contributed by atoms with Crippen LogP contribution in [0.3, 0.4) is 0 Å². The molecule has 176 valence electrons. The van der Waals surface area contributed by atoms with E-state index in [2.05, 4.69) is 57.5 Å². The van der Waals surface area contributed by atoms with Gasteiger partial charge in [0.25, 0.3) is 0 Å². The fourth-order valence-corrected chi connectivity index (χ4v) is 5.86. The maximum Gasteiger partial charge on any atom is 0.223 e. The highest BCUT2D eigenvalue weighted by molar-refractivity contribution is 5.82. The summed E-state index contributed by atoms with van der Waals surface area (Å²) in [6, 6.07) is 19.1. The van der Waals surface area contributed by atoms with Crippen LogP contribution in [0.4, 0.5) is 0 Å². The van der Waals surface area contributed by atoms with E-state index in [0.29, 0.717) is 18.5 Å². The van der Waals surface area contributed by atoms with Gasteiger partial charge in [0.05, 0.1) is 13.2 Å². The minimum absolute atomic E-state index is 0.198. The third-order valence-electron chi connectivity index (χ3n) is 7.99. The number of nitrogens with one attached hydrogen (secondary N) is 3. The molecule has 0 radical (unpaired) electrons. The number of carbonyl (C=O) groups excluding carboxylic acids is 1. The molecule has 0 aromatic heterocycles. The van der Waals surface area contributed by atoms with Gasteiger partial charge in [0.15, 0.2) is 0 Å². The first-order valence-electron chi connectivity index (χ1n) is 12.3. The zero-order chi connectivity index (χ0) is 22.7. The second-order valence-electron chi connectivity index (χ2n) is 9.95. The number of likely N-dealkylation sites (tertiary alicyclic amines) is 1. The summed E-state index contributed by atoms with van der Waals surface area (Å²) in [6.07, 6.45) is 4.14. The molecule has 33 heavy (non-hydrogen) atoms. The average Bonchev–Trinajstić information content (AvgIpc) is 3.36. The summed E-state index contributed by atoms with van der Waals surface area (Å²) in [5.74, 6) is 1.90. The van der Waals surface area contributed by atoms with Crippen LogP contribution in [0.15, 0.2) is 54.6 Å². The number of rotatable bonds is 8. The summed E-state index contributed by atoms with van der Waals surface area (Å²) in [7, 11) is 1.69. The fourth-order valence-electron chi connectivity index (χ4n) is 5.86. The van der Waals surface area contributed by atoms with Gasteiger partial charge < -0.3 is 15.0 Å². The second kappa shape index (κ2) is 9.84. The molecule has 3 N–H and O–H groups in total. The fraction of sp³-hybridized carbons (Fsp3) is 0.519. The van der Waals surface area contributed by atoms with Crippen molar-refractivity contribution in [2.45, 2.75) is 31.7 Å². The van der Waals surface area contributed by atoms with E-state index in [0.717, 1.165) is 63.2 Å². The van der Waals surface area contributed by atoms with Crippen LogP contribution in [-0.2, 0) is 11.2 Å². The quantitative estimate of drug-likeness (QED) is 0.580. The molecule has 2 aromatic rings. The molecule has 1 spiro atoms. The van der Waals surface area contributed by atoms with Crippen molar-refractivity contribution in [1.82, 2.24) is 21.1 Å². The van der Waals surface area contributed by atoms with E-state index in [9.17, 15) is 4.79 Å². The Morgan fingerprint density at radius 2 is 1.88 bits per heavy atom. The van der Waals surface area contributed by atoms with E-state index < -0.39 is 0 Å². The van der Waals surface area contributed by atoms with Crippen LogP contribution >= 0.6 is 0 Å². The zero-order valence-corrected chi connectivity index (χ0v) is 19.6. The molecule has 3 aliphatic rings. The first-order valence-corrected chi connectivity index (χ1v) is 12.3. The molecule has 3 atom stereocenters. The molecule has 1 saturated carbocycles. The maximum atomic E-state index is 12.8. The van der Waals surface area contributed by atoms with Gasteiger partial charge in [-0.15, -0.1) is 0 Å². The molecule has 2 aliphatic heterocycles. The molecule has 3 fully saturated rings. The van der Waals surface area contributed by atoms with Gasteiger partial charge in [0, 0.05) is 31.5 Å². The molecule has 0 bridgehead atoms. The maximum absolute atomic E-state index is 12.8. The summed E-state index contributed by atoms with van der Waals surface area (Å²) in [4.78, 5) is 15.4. The van der Waals surface area contributed by atoms with Crippen LogP contribution in [0.2, 0.25) is 0 Å². The molecule has 6 heteroatoms. The normalized spacial score (nSPS) is 26.3. The van der Waals surface area contributed by atoms with Gasteiger partial charge in [-0.05, 0) is 61.4 Å². The van der Waals surface area contributed by atoms with Gasteiger partial charge in [0.1, 0.15) is 5.75 Å². The number of hydrazine groups is 1. The lowest BCUT2D eigenvalue weighted by molar-refractivity contribution is -0.123. The van der Waals surface area contributed by atoms with Gasteiger partial charge in [-0.25, -0.2) is 5.43 Å². The van der Waals surface area contributed by atoms with Crippen LogP contribution in [0, 0.1) is 17.3 Å². The van der Waals surface area contributed by atoms with Gasteiger partial charge >= 0.3 is 0 Å². The number of nitrogens with zero attached hydrogens (tertiary/aromatic N) is 1. The van der Waals surface area contributed by atoms with Crippen molar-refractivity contribution >= 4 is 5.91 Å². The Morgan fingerprint density at radius 3 is 2.67 bits per heavy atom. The smallest absolute Gasteiger partial charge is 0.223 e. The van der Waals surface area contributed by atoms with E-state index >= 15 is 0 Å². The summed E-state index contributed by atoms with van der Waals surface area (Å²) in [6.45, 7) is 4.97. The van der Waals surface area contributed by atoms with E-state index in [-0.39, 0.29) is 17.2 Å². The summed E-state index contributed by atoms with van der Waals surface area (Å²) in [5.41, 5.74) is 9.57. The Balaban J connectivity index is 1.07. The molecular formula is C27H36N4O2. The Morgan fingerprint density at radius 1 is 1.12 bits per heavy atom. The van der Waals surface area contributed by atoms with Gasteiger partial charge in [-0.3, -0.25) is 10.2 Å². The Kier molecular flexibility index (Phi) is 6.67. The summed E-state index contributed by atoms with van der Waals surface area (Å²) in [5, 5.41) is 3.19. The first-order chi connectivity index (χ1) is 16.2. The molecule has 1 amide bonds. The predicted octanol–water partition coefficient (Wildman–Crippen LogP) is 2.92.